The Morgan fingerprint density at radius 1 is 1.06 bits per heavy atom. The second-order valence-corrected chi connectivity index (χ2v) is 9.87. The molecule has 178 valence electrons. The van der Waals surface area contributed by atoms with Gasteiger partial charge in [0.15, 0.2) is 11.5 Å². The molecule has 0 atom stereocenters. The minimum atomic E-state index is 0.286. The lowest BCUT2D eigenvalue weighted by Gasteiger charge is -2.37. The van der Waals surface area contributed by atoms with E-state index < -0.39 is 0 Å². The Morgan fingerprint density at radius 3 is 2.61 bits per heavy atom. The van der Waals surface area contributed by atoms with Gasteiger partial charge in [0, 0.05) is 38.7 Å². The maximum absolute atomic E-state index is 12.4. The van der Waals surface area contributed by atoms with Crippen LogP contribution in [0.1, 0.15) is 50.0 Å². The lowest BCUT2D eigenvalue weighted by atomic mass is 9.78. The third-order valence-electron chi connectivity index (χ3n) is 7.47. The first kappa shape index (κ1) is 22.3. The molecule has 7 nitrogen and oxygen atoms in total. The number of aromatic nitrogens is 1. The van der Waals surface area contributed by atoms with Crippen molar-refractivity contribution >= 4 is 11.5 Å². The van der Waals surface area contributed by atoms with Crippen LogP contribution >= 0.6 is 0 Å². The number of Topliss-reactive ketones (excluding diaryl/α,β-unsaturated/α-hetero) is 1. The van der Waals surface area contributed by atoms with Crippen LogP contribution in [-0.2, 0) is 11.2 Å². The van der Waals surface area contributed by atoms with E-state index in [1.165, 1.54) is 38.6 Å². The van der Waals surface area contributed by atoms with E-state index in [9.17, 15) is 4.79 Å². The molecule has 7 heteroatoms. The van der Waals surface area contributed by atoms with Gasteiger partial charge in [-0.3, -0.25) is 9.69 Å². The summed E-state index contributed by atoms with van der Waals surface area (Å²) in [4.78, 5) is 17.4. The molecule has 0 bridgehead atoms. The number of hydrogen-bond donors (Lipinski definition) is 0. The van der Waals surface area contributed by atoms with Gasteiger partial charge in [0.25, 0.3) is 0 Å². The second-order valence-electron chi connectivity index (χ2n) is 9.87. The van der Waals surface area contributed by atoms with Gasteiger partial charge in [0.05, 0.1) is 17.8 Å². The van der Waals surface area contributed by atoms with Crippen molar-refractivity contribution in [1.82, 2.24) is 10.1 Å². The first-order chi connectivity index (χ1) is 16.1. The summed E-state index contributed by atoms with van der Waals surface area (Å²) in [5.74, 6) is 4.09. The van der Waals surface area contributed by atoms with E-state index in [1.54, 1.807) is 0 Å². The van der Waals surface area contributed by atoms with Gasteiger partial charge >= 0.3 is 0 Å². The molecule has 0 amide bonds. The summed E-state index contributed by atoms with van der Waals surface area (Å²) in [6, 6.07) is 8.03. The van der Waals surface area contributed by atoms with Gasteiger partial charge in [-0.05, 0) is 56.7 Å². The van der Waals surface area contributed by atoms with E-state index in [4.69, 9.17) is 14.0 Å². The topological polar surface area (TPSA) is 68.0 Å². The van der Waals surface area contributed by atoms with Gasteiger partial charge in [-0.25, -0.2) is 0 Å². The number of ether oxygens (including phenoxy) is 2. The summed E-state index contributed by atoms with van der Waals surface area (Å²) in [7, 11) is 0. The van der Waals surface area contributed by atoms with Crippen LogP contribution in [0.25, 0.3) is 0 Å². The highest BCUT2D eigenvalue weighted by Crippen LogP contribution is 2.41. The number of para-hydroxylation sites is 1. The lowest BCUT2D eigenvalue weighted by molar-refractivity contribution is -0.119. The molecular weight excluding hydrogens is 418 g/mol. The standard InChI is InChI=1S/C26H35N3O4/c1-19-15-23(33-27-19)17-22(30)16-21-7-5-20(6-8-21)9-10-28-11-13-29(14-12-28)24-3-2-4-25-26(24)32-18-31-25/h2-4,15,20-21H,5-14,16-18H2,1H3. The van der Waals surface area contributed by atoms with E-state index in [2.05, 4.69) is 21.0 Å². The van der Waals surface area contributed by atoms with E-state index >= 15 is 0 Å². The van der Waals surface area contributed by atoms with E-state index in [0.717, 1.165) is 55.0 Å². The van der Waals surface area contributed by atoms with Gasteiger partial charge in [0.1, 0.15) is 11.5 Å². The zero-order chi connectivity index (χ0) is 22.6. The Balaban J connectivity index is 0.997. The molecule has 0 unspecified atom stereocenters. The number of aryl methyl sites for hydroxylation is 1. The fraction of sp³-hybridized carbons (Fsp3) is 0.615. The van der Waals surface area contributed by atoms with E-state index in [0.29, 0.717) is 31.3 Å². The van der Waals surface area contributed by atoms with Gasteiger partial charge in [-0.1, -0.05) is 24.1 Å². The first-order valence-electron chi connectivity index (χ1n) is 12.4. The molecule has 1 saturated heterocycles. The Hall–Kier alpha value is -2.54. The van der Waals surface area contributed by atoms with Gasteiger partial charge in [-0.15, -0.1) is 0 Å². The fourth-order valence-corrected chi connectivity index (χ4v) is 5.55. The number of nitrogens with zero attached hydrogens (tertiary/aromatic N) is 3. The number of rotatable bonds is 8. The van der Waals surface area contributed by atoms with Crippen LogP contribution in [-0.4, -0.2) is 55.4 Å². The highest BCUT2D eigenvalue weighted by atomic mass is 16.7. The Kier molecular flexibility index (Phi) is 6.85. The number of benzene rings is 1. The van der Waals surface area contributed by atoms with Gasteiger partial charge in [0.2, 0.25) is 6.79 Å². The highest BCUT2D eigenvalue weighted by Gasteiger charge is 2.26. The lowest BCUT2D eigenvalue weighted by Crippen LogP contribution is -2.47. The van der Waals surface area contributed by atoms with E-state index in [1.807, 2.05) is 25.1 Å². The van der Waals surface area contributed by atoms with Crippen molar-refractivity contribution in [1.29, 1.82) is 0 Å². The SMILES string of the molecule is Cc1cc(CC(=O)CC2CCC(CCN3CCN(c4cccc5c4OCO5)CC3)CC2)on1. The molecular formula is C26H35N3O4. The normalized spacial score (nSPS) is 23.1. The average molecular weight is 454 g/mol. The summed E-state index contributed by atoms with van der Waals surface area (Å²) in [5.41, 5.74) is 2.00. The van der Waals surface area contributed by atoms with Crippen LogP contribution in [0.2, 0.25) is 0 Å². The molecule has 2 fully saturated rings. The molecule has 0 radical (unpaired) electrons. The Labute approximate surface area is 196 Å². The zero-order valence-corrected chi connectivity index (χ0v) is 19.6. The van der Waals surface area contributed by atoms with Crippen LogP contribution in [0.3, 0.4) is 0 Å². The van der Waals surface area contributed by atoms with Crippen molar-refractivity contribution in [2.75, 3.05) is 44.4 Å². The number of piperazine rings is 1. The monoisotopic (exact) mass is 453 g/mol. The Bertz CT molecular complexity index is 943. The third kappa shape index (κ3) is 5.52. The predicted octanol–water partition coefficient (Wildman–Crippen LogP) is 4.23. The summed E-state index contributed by atoms with van der Waals surface area (Å²) in [5, 5.41) is 3.87. The number of anilines is 1. The number of carbonyl (C=O) groups excluding carboxylic acids is 1. The molecule has 1 aromatic heterocycles. The second kappa shape index (κ2) is 10.2. The molecule has 1 aromatic carbocycles. The smallest absolute Gasteiger partial charge is 0.231 e. The molecule has 3 heterocycles. The van der Waals surface area contributed by atoms with Crippen molar-refractivity contribution < 1.29 is 18.8 Å². The van der Waals surface area contributed by atoms with Crippen molar-refractivity contribution in [3.63, 3.8) is 0 Å². The predicted molar refractivity (Wildman–Crippen MR) is 126 cm³/mol. The minimum Gasteiger partial charge on any atom is -0.454 e. The molecule has 2 aromatic rings. The van der Waals surface area contributed by atoms with Crippen LogP contribution in [0.4, 0.5) is 5.69 Å². The molecule has 1 saturated carbocycles. The third-order valence-corrected chi connectivity index (χ3v) is 7.47. The molecule has 0 N–H and O–H groups in total. The summed E-state index contributed by atoms with van der Waals surface area (Å²) in [6.07, 6.45) is 7.22. The molecule has 0 spiro atoms. The number of carbonyl (C=O) groups is 1. The molecule has 1 aliphatic carbocycles. The zero-order valence-electron chi connectivity index (χ0n) is 19.6. The minimum absolute atomic E-state index is 0.286. The summed E-state index contributed by atoms with van der Waals surface area (Å²) in [6.45, 7) is 7.63. The highest BCUT2D eigenvalue weighted by molar-refractivity contribution is 5.80. The van der Waals surface area contributed by atoms with Gasteiger partial charge in [-0.2, -0.15) is 0 Å². The molecule has 3 aliphatic rings. The van der Waals surface area contributed by atoms with Crippen LogP contribution < -0.4 is 14.4 Å². The number of hydrogen-bond acceptors (Lipinski definition) is 7. The summed E-state index contributed by atoms with van der Waals surface area (Å²) < 4.78 is 16.4. The van der Waals surface area contributed by atoms with Crippen LogP contribution in [0.15, 0.2) is 28.8 Å². The summed E-state index contributed by atoms with van der Waals surface area (Å²) >= 11 is 0. The van der Waals surface area contributed by atoms with Crippen molar-refractivity contribution in [2.45, 2.75) is 51.9 Å². The van der Waals surface area contributed by atoms with E-state index in [-0.39, 0.29) is 5.78 Å². The first-order valence-corrected chi connectivity index (χ1v) is 12.4. The van der Waals surface area contributed by atoms with Crippen molar-refractivity contribution in [3.05, 3.63) is 35.7 Å². The molecule has 33 heavy (non-hydrogen) atoms. The Morgan fingerprint density at radius 2 is 1.85 bits per heavy atom. The molecule has 2 aliphatic heterocycles. The largest absolute Gasteiger partial charge is 0.454 e. The number of fused-ring (bicyclic) bond motifs is 1. The molecule has 5 rings (SSSR count). The van der Waals surface area contributed by atoms with Crippen molar-refractivity contribution in [3.8, 4) is 11.5 Å². The maximum atomic E-state index is 12.4. The van der Waals surface area contributed by atoms with Crippen molar-refractivity contribution in [2.24, 2.45) is 11.8 Å². The maximum Gasteiger partial charge on any atom is 0.231 e. The van der Waals surface area contributed by atoms with Crippen LogP contribution in [0, 0.1) is 18.8 Å². The quantitative estimate of drug-likeness (QED) is 0.592. The van der Waals surface area contributed by atoms with Gasteiger partial charge < -0.3 is 18.9 Å². The number of ketones is 1. The fourth-order valence-electron chi connectivity index (χ4n) is 5.55. The van der Waals surface area contributed by atoms with Crippen LogP contribution in [0.5, 0.6) is 11.5 Å². The average Bonchev–Trinajstić information content (AvgIpc) is 3.47.